The zero-order valence-corrected chi connectivity index (χ0v) is 63.9. The van der Waals surface area contributed by atoms with Crippen molar-refractivity contribution >= 4 is 35.9 Å². The Hall–Kier alpha value is -6.74. The molecule has 1 saturated heterocycles. The lowest BCUT2D eigenvalue weighted by Gasteiger charge is -2.44. The molecule has 2 amide bonds. The van der Waals surface area contributed by atoms with Crippen LogP contribution in [0.5, 0.6) is 0 Å². The Bertz CT molecular complexity index is 2820. The Balaban J connectivity index is 0.971. The molecule has 2 unspecified atom stereocenters. The highest BCUT2D eigenvalue weighted by atomic mass is 16.7. The molecule has 1 heterocycles. The zero-order valence-electron chi connectivity index (χ0n) is 63.9. The van der Waals surface area contributed by atoms with Gasteiger partial charge in [0, 0.05) is 32.7 Å². The maximum Gasteiger partial charge on any atom is 0.407 e. The standard InChI is InChI=1S/C86H130N2O17/c1-3-5-7-9-11-13-15-17-19-21-23-25-27-29-31-48-61-97-68-75(98-62-49-32-30-28-26-24-22-20-18-16-14-12-10-8-6-4-2)69-101-86(94)88-59-47-37-46-58-77(89)87-60-63-95-64-65-96-66-67-99-85-80(105-84(93)74-56-44-36-45-57-74)79(104-83(92)73-54-42-35-43-55-73)78(103-82(91)72-52-40-34-41-53-72)76(102-85)70-100-81(90)71-50-38-33-39-51-71/h33-36,38-45,50-57,75-76,78-80,85H,3-32,37,46-49,58-70H2,1-2H3,(H,87,89)(H,88,94)/t75-,76?,78+,79?,80+,85-/m0/s1. The van der Waals surface area contributed by atoms with Gasteiger partial charge in [0.2, 0.25) is 5.91 Å². The summed E-state index contributed by atoms with van der Waals surface area (Å²) >= 11 is 0. The molecule has 105 heavy (non-hydrogen) atoms. The number of carbonyl (C=O) groups excluding carboxylic acids is 6. The summed E-state index contributed by atoms with van der Waals surface area (Å²) < 4.78 is 66.3. The molecule has 0 saturated carbocycles. The molecule has 1 aliphatic rings. The smallest absolute Gasteiger partial charge is 0.407 e. The van der Waals surface area contributed by atoms with Crippen molar-refractivity contribution in [3.8, 4) is 0 Å². The van der Waals surface area contributed by atoms with Gasteiger partial charge in [-0.15, -0.1) is 0 Å². The predicted molar refractivity (Wildman–Crippen MR) is 410 cm³/mol. The Labute approximate surface area is 629 Å². The van der Waals surface area contributed by atoms with Crippen LogP contribution in [0.25, 0.3) is 0 Å². The van der Waals surface area contributed by atoms with Crippen molar-refractivity contribution in [3.05, 3.63) is 144 Å². The molecule has 0 spiro atoms. The Morgan fingerprint density at radius 1 is 0.352 bits per heavy atom. The number of ether oxygens (including phenoxy) is 11. The monoisotopic (exact) mass is 1460 g/mol. The van der Waals surface area contributed by atoms with Gasteiger partial charge in [-0.2, -0.15) is 0 Å². The summed E-state index contributed by atoms with van der Waals surface area (Å²) in [7, 11) is 0. The molecular weight excluding hydrogens is 1330 g/mol. The van der Waals surface area contributed by atoms with E-state index < -0.39 is 67.3 Å². The summed E-state index contributed by atoms with van der Waals surface area (Å²) in [6.45, 7) is 7.08. The van der Waals surface area contributed by atoms with Crippen LogP contribution in [0.2, 0.25) is 0 Å². The van der Waals surface area contributed by atoms with Gasteiger partial charge in [0.15, 0.2) is 24.6 Å². The summed E-state index contributed by atoms with van der Waals surface area (Å²) in [6, 6.07) is 32.6. The van der Waals surface area contributed by atoms with E-state index in [0.29, 0.717) is 52.2 Å². The Morgan fingerprint density at radius 3 is 1.21 bits per heavy atom. The first-order valence-electron chi connectivity index (χ1n) is 40.5. The number of benzene rings is 4. The van der Waals surface area contributed by atoms with Crippen LogP contribution in [0.3, 0.4) is 0 Å². The van der Waals surface area contributed by atoms with Gasteiger partial charge >= 0.3 is 30.0 Å². The highest BCUT2D eigenvalue weighted by Gasteiger charge is 2.54. The van der Waals surface area contributed by atoms with E-state index in [9.17, 15) is 28.8 Å². The maximum absolute atomic E-state index is 14.0. The number of carbonyl (C=O) groups is 6. The third kappa shape index (κ3) is 42.4. The molecule has 19 heteroatoms. The van der Waals surface area contributed by atoms with Gasteiger partial charge in [-0.05, 0) is 74.2 Å². The lowest BCUT2D eigenvalue weighted by molar-refractivity contribution is -0.300. The van der Waals surface area contributed by atoms with Crippen LogP contribution in [-0.4, -0.2) is 152 Å². The fraction of sp³-hybridized carbons (Fsp3) is 0.651. The van der Waals surface area contributed by atoms with E-state index in [0.717, 1.165) is 32.1 Å². The minimum absolute atomic E-state index is 0.00867. The van der Waals surface area contributed by atoms with Crippen molar-refractivity contribution in [3.63, 3.8) is 0 Å². The quantitative estimate of drug-likeness (QED) is 0.0238. The van der Waals surface area contributed by atoms with Crippen LogP contribution in [0.4, 0.5) is 4.79 Å². The molecule has 586 valence electrons. The topological polar surface area (TPSA) is 228 Å². The molecule has 0 radical (unpaired) electrons. The average Bonchev–Trinajstić information content (AvgIpc) is 0.777. The van der Waals surface area contributed by atoms with Crippen LogP contribution < -0.4 is 10.6 Å². The first kappa shape index (κ1) is 88.9. The highest BCUT2D eigenvalue weighted by molar-refractivity contribution is 5.91. The number of hydrogen-bond donors (Lipinski definition) is 2. The maximum atomic E-state index is 14.0. The molecule has 4 aromatic carbocycles. The van der Waals surface area contributed by atoms with Crippen LogP contribution in [0, 0.1) is 0 Å². The molecule has 19 nitrogen and oxygen atoms in total. The van der Waals surface area contributed by atoms with E-state index in [1.54, 1.807) is 109 Å². The first-order valence-corrected chi connectivity index (χ1v) is 40.5. The molecule has 5 rings (SSSR count). The molecule has 1 fully saturated rings. The Kier molecular flexibility index (Phi) is 51.0. The molecule has 0 bridgehead atoms. The predicted octanol–water partition coefficient (Wildman–Crippen LogP) is 18.6. The number of hydrogen-bond acceptors (Lipinski definition) is 17. The van der Waals surface area contributed by atoms with Crippen molar-refractivity contribution in [2.24, 2.45) is 0 Å². The SMILES string of the molecule is CCCCCCCCCCCCCCCCCCOC[C@@H](COC(=O)NCCCCCC(=O)NCCOCCOCCO[C@H]1OC(COC(=O)c2ccccc2)[C@@H](OC(=O)c2ccccc2)C(OC(=O)c2ccccc2)[C@H]1OC(=O)c1ccccc1)OCCCCCCCCCCCCCCCCCC. The van der Waals surface area contributed by atoms with E-state index >= 15 is 0 Å². The van der Waals surface area contributed by atoms with Crippen LogP contribution in [0.1, 0.15) is 286 Å². The highest BCUT2D eigenvalue weighted by Crippen LogP contribution is 2.32. The van der Waals surface area contributed by atoms with Gasteiger partial charge in [-0.1, -0.05) is 286 Å². The third-order valence-electron chi connectivity index (χ3n) is 18.7. The van der Waals surface area contributed by atoms with Crippen LogP contribution >= 0.6 is 0 Å². The number of alkyl carbamates (subject to hydrolysis) is 1. The first-order chi connectivity index (χ1) is 51.7. The largest absolute Gasteiger partial charge is 0.459 e. The van der Waals surface area contributed by atoms with E-state index in [-0.39, 0.29) is 73.9 Å². The van der Waals surface area contributed by atoms with Crippen molar-refractivity contribution < 1.29 is 80.9 Å². The average molecular weight is 1460 g/mol. The molecule has 0 aromatic heterocycles. The molecule has 4 aromatic rings. The van der Waals surface area contributed by atoms with Gasteiger partial charge in [-0.25, -0.2) is 24.0 Å². The van der Waals surface area contributed by atoms with Gasteiger partial charge in [0.05, 0.1) is 61.9 Å². The van der Waals surface area contributed by atoms with Gasteiger partial charge in [0.1, 0.15) is 25.4 Å². The number of rotatable bonds is 64. The minimum Gasteiger partial charge on any atom is -0.459 e. The van der Waals surface area contributed by atoms with Crippen molar-refractivity contribution in [2.75, 3.05) is 79.2 Å². The summed E-state index contributed by atoms with van der Waals surface area (Å²) in [5.41, 5.74) is 0.736. The van der Waals surface area contributed by atoms with Crippen molar-refractivity contribution in [1.29, 1.82) is 0 Å². The molecule has 0 aliphatic carbocycles. The summed E-state index contributed by atoms with van der Waals surface area (Å²) in [4.78, 5) is 80.5. The van der Waals surface area contributed by atoms with Crippen molar-refractivity contribution in [2.45, 2.75) is 282 Å². The van der Waals surface area contributed by atoms with Crippen molar-refractivity contribution in [1.82, 2.24) is 10.6 Å². The second kappa shape index (κ2) is 60.3. The van der Waals surface area contributed by atoms with E-state index in [1.165, 1.54) is 192 Å². The zero-order chi connectivity index (χ0) is 74.5. The summed E-state index contributed by atoms with van der Waals surface area (Å²) in [5.74, 6) is -3.26. The normalized spacial score (nSPS) is 15.9. The van der Waals surface area contributed by atoms with Gasteiger partial charge in [0.25, 0.3) is 0 Å². The number of unbranched alkanes of at least 4 members (excludes halogenated alkanes) is 32. The second-order valence-corrected chi connectivity index (χ2v) is 27.7. The fourth-order valence-corrected chi connectivity index (χ4v) is 12.6. The van der Waals surface area contributed by atoms with E-state index in [4.69, 9.17) is 52.1 Å². The fourth-order valence-electron chi connectivity index (χ4n) is 12.6. The lowest BCUT2D eigenvalue weighted by Crippen LogP contribution is -2.63. The molecular formula is C86H130N2O17. The number of esters is 4. The van der Waals surface area contributed by atoms with E-state index in [1.807, 2.05) is 0 Å². The number of amides is 2. The molecule has 2 N–H and O–H groups in total. The second-order valence-electron chi connectivity index (χ2n) is 27.7. The minimum atomic E-state index is -1.57. The van der Waals surface area contributed by atoms with Gasteiger partial charge < -0.3 is 62.7 Å². The number of nitrogens with one attached hydrogen (secondary N) is 2. The Morgan fingerprint density at radius 2 is 0.743 bits per heavy atom. The molecule has 6 atom stereocenters. The molecule has 1 aliphatic heterocycles. The van der Waals surface area contributed by atoms with Crippen LogP contribution in [0.15, 0.2) is 121 Å². The summed E-state index contributed by atoms with van der Waals surface area (Å²) in [6.07, 6.45) is 36.4. The lowest BCUT2D eigenvalue weighted by atomic mass is 9.97. The summed E-state index contributed by atoms with van der Waals surface area (Å²) in [5, 5.41) is 5.74. The van der Waals surface area contributed by atoms with Crippen LogP contribution in [-0.2, 0) is 56.9 Å². The third-order valence-corrected chi connectivity index (χ3v) is 18.7. The van der Waals surface area contributed by atoms with E-state index in [2.05, 4.69) is 24.5 Å². The van der Waals surface area contributed by atoms with Gasteiger partial charge in [-0.3, -0.25) is 4.79 Å².